The van der Waals surface area contributed by atoms with Crippen LogP contribution in [0.25, 0.3) is 0 Å². The van der Waals surface area contributed by atoms with Gasteiger partial charge in [0.15, 0.2) is 0 Å². The molecule has 3 heteroatoms. The van der Waals surface area contributed by atoms with E-state index < -0.39 is 0 Å². The zero-order chi connectivity index (χ0) is 13.8. The third-order valence-electron chi connectivity index (χ3n) is 3.60. The molecule has 2 atom stereocenters. The van der Waals surface area contributed by atoms with Crippen molar-refractivity contribution in [1.29, 1.82) is 0 Å². The molecule has 98 valence electrons. The van der Waals surface area contributed by atoms with Crippen LogP contribution in [0.5, 0.6) is 0 Å². The number of benzene rings is 1. The van der Waals surface area contributed by atoms with Gasteiger partial charge in [0.25, 0.3) is 0 Å². The maximum Gasteiger partial charge on any atom is 0.306 e. The monoisotopic (exact) mass is 266 g/mol. The van der Waals surface area contributed by atoms with E-state index in [0.717, 1.165) is 5.56 Å². The predicted molar refractivity (Wildman–Crippen MR) is 74.8 cm³/mol. The van der Waals surface area contributed by atoms with E-state index in [1.165, 1.54) is 7.11 Å². The second-order valence-electron chi connectivity index (χ2n) is 4.70. The number of allylic oxidation sites excluding steroid dienone is 1. The zero-order valence-corrected chi connectivity index (χ0v) is 11.8. The highest BCUT2D eigenvalue weighted by Gasteiger charge is 2.34. The van der Waals surface area contributed by atoms with Crippen LogP contribution in [-0.2, 0) is 14.9 Å². The minimum Gasteiger partial charge on any atom is -0.469 e. The highest BCUT2D eigenvalue weighted by atomic mass is 35.5. The van der Waals surface area contributed by atoms with E-state index in [-0.39, 0.29) is 17.3 Å². The van der Waals surface area contributed by atoms with Gasteiger partial charge in [-0.05, 0) is 23.6 Å². The highest BCUT2D eigenvalue weighted by molar-refractivity contribution is 6.30. The molecule has 0 heterocycles. The molecule has 0 spiro atoms. The number of hydrogen-bond donors (Lipinski definition) is 0. The van der Waals surface area contributed by atoms with Crippen LogP contribution in [0.1, 0.15) is 25.8 Å². The number of hydrogen-bond acceptors (Lipinski definition) is 2. The van der Waals surface area contributed by atoms with Gasteiger partial charge in [-0.2, -0.15) is 0 Å². The van der Waals surface area contributed by atoms with Crippen molar-refractivity contribution in [3.05, 3.63) is 47.5 Å². The van der Waals surface area contributed by atoms with Gasteiger partial charge < -0.3 is 4.74 Å². The number of carbonyl (C=O) groups excluding carboxylic acids is 1. The average molecular weight is 267 g/mol. The van der Waals surface area contributed by atoms with E-state index in [9.17, 15) is 4.79 Å². The first-order valence-electron chi connectivity index (χ1n) is 5.89. The van der Waals surface area contributed by atoms with Gasteiger partial charge in [-0.25, -0.2) is 0 Å². The molecule has 0 N–H and O–H groups in total. The lowest BCUT2D eigenvalue weighted by Gasteiger charge is -2.33. The summed E-state index contributed by atoms with van der Waals surface area (Å²) in [5, 5.41) is 0.686. The van der Waals surface area contributed by atoms with Crippen molar-refractivity contribution < 1.29 is 9.53 Å². The first-order chi connectivity index (χ1) is 8.43. The summed E-state index contributed by atoms with van der Waals surface area (Å²) in [5.74, 6) is -0.0704. The van der Waals surface area contributed by atoms with Crippen molar-refractivity contribution in [3.63, 3.8) is 0 Å². The number of rotatable bonds is 5. The standard InChI is InChI=1S/C15H19ClO2/c1-5-11(2)15(3,10-14(17)18-4)12-6-8-13(16)9-7-12/h5-9,11H,1,10H2,2-4H3. The Hall–Kier alpha value is -1.28. The predicted octanol–water partition coefficient (Wildman–Crippen LogP) is 3.98. The number of halogens is 1. The molecule has 0 saturated carbocycles. The molecule has 0 saturated heterocycles. The van der Waals surface area contributed by atoms with Gasteiger partial charge in [0.2, 0.25) is 0 Å². The van der Waals surface area contributed by atoms with Crippen molar-refractivity contribution in [2.24, 2.45) is 5.92 Å². The lowest BCUT2D eigenvalue weighted by Crippen LogP contribution is -2.32. The molecular weight excluding hydrogens is 248 g/mol. The van der Waals surface area contributed by atoms with E-state index in [1.54, 1.807) is 0 Å². The minimum atomic E-state index is -0.334. The van der Waals surface area contributed by atoms with Crippen LogP contribution in [0.4, 0.5) is 0 Å². The molecule has 0 bridgehead atoms. The van der Waals surface area contributed by atoms with Gasteiger partial charge in [-0.15, -0.1) is 6.58 Å². The van der Waals surface area contributed by atoms with Gasteiger partial charge >= 0.3 is 5.97 Å². The normalized spacial score (nSPS) is 15.6. The molecule has 1 aromatic rings. The van der Waals surface area contributed by atoms with Crippen LogP contribution in [0.2, 0.25) is 5.02 Å². The van der Waals surface area contributed by atoms with Crippen molar-refractivity contribution >= 4 is 17.6 Å². The molecule has 18 heavy (non-hydrogen) atoms. The number of ether oxygens (including phenoxy) is 1. The van der Waals surface area contributed by atoms with Gasteiger partial charge in [-0.1, -0.05) is 43.7 Å². The summed E-state index contributed by atoms with van der Waals surface area (Å²) in [4.78, 5) is 11.6. The van der Waals surface area contributed by atoms with Crippen molar-refractivity contribution in [2.75, 3.05) is 7.11 Å². The summed E-state index contributed by atoms with van der Waals surface area (Å²) in [6.07, 6.45) is 2.18. The Balaban J connectivity index is 3.15. The second-order valence-corrected chi connectivity index (χ2v) is 5.14. The Kier molecular flexibility index (Phi) is 4.97. The molecule has 2 nitrogen and oxygen atoms in total. The van der Waals surface area contributed by atoms with Crippen molar-refractivity contribution in [2.45, 2.75) is 25.7 Å². The third kappa shape index (κ3) is 3.14. The molecule has 0 aliphatic carbocycles. The third-order valence-corrected chi connectivity index (χ3v) is 3.85. The Morgan fingerprint density at radius 2 is 2.06 bits per heavy atom. The van der Waals surface area contributed by atoms with Crippen molar-refractivity contribution in [3.8, 4) is 0 Å². The maximum atomic E-state index is 11.6. The van der Waals surface area contributed by atoms with Gasteiger partial charge in [-0.3, -0.25) is 4.79 Å². The van der Waals surface area contributed by atoms with Crippen LogP contribution in [0.15, 0.2) is 36.9 Å². The van der Waals surface area contributed by atoms with Gasteiger partial charge in [0.1, 0.15) is 0 Å². The van der Waals surface area contributed by atoms with Crippen LogP contribution in [0, 0.1) is 5.92 Å². The summed E-state index contributed by atoms with van der Waals surface area (Å²) < 4.78 is 4.79. The highest BCUT2D eigenvalue weighted by Crippen LogP contribution is 2.37. The second kappa shape index (κ2) is 6.05. The number of methoxy groups -OCH3 is 1. The SMILES string of the molecule is C=CC(C)C(C)(CC(=O)OC)c1ccc(Cl)cc1. The van der Waals surface area contributed by atoms with E-state index in [1.807, 2.05) is 44.2 Å². The molecule has 0 aliphatic rings. The zero-order valence-electron chi connectivity index (χ0n) is 11.1. The summed E-state index contributed by atoms with van der Waals surface area (Å²) in [7, 11) is 1.41. The maximum absolute atomic E-state index is 11.6. The summed E-state index contributed by atoms with van der Waals surface area (Å²) in [5.41, 5.74) is 0.726. The first kappa shape index (κ1) is 14.8. The summed E-state index contributed by atoms with van der Waals surface area (Å²) in [6.45, 7) is 7.91. The van der Waals surface area contributed by atoms with Crippen molar-refractivity contribution in [1.82, 2.24) is 0 Å². The fourth-order valence-corrected chi connectivity index (χ4v) is 2.11. The van der Waals surface area contributed by atoms with Crippen LogP contribution < -0.4 is 0 Å². The van der Waals surface area contributed by atoms with E-state index in [0.29, 0.717) is 11.4 Å². The smallest absolute Gasteiger partial charge is 0.306 e. The molecule has 0 aliphatic heterocycles. The quantitative estimate of drug-likeness (QED) is 0.595. The Morgan fingerprint density at radius 3 is 2.50 bits per heavy atom. The number of esters is 1. The summed E-state index contributed by atoms with van der Waals surface area (Å²) >= 11 is 5.90. The van der Waals surface area contributed by atoms with E-state index >= 15 is 0 Å². The molecule has 0 fully saturated rings. The topological polar surface area (TPSA) is 26.3 Å². The Bertz CT molecular complexity index is 425. The summed E-state index contributed by atoms with van der Waals surface area (Å²) in [6, 6.07) is 7.57. The minimum absolute atomic E-state index is 0.151. The van der Waals surface area contributed by atoms with Gasteiger partial charge in [0.05, 0.1) is 13.5 Å². The van der Waals surface area contributed by atoms with Crippen LogP contribution in [0.3, 0.4) is 0 Å². The Morgan fingerprint density at radius 1 is 1.50 bits per heavy atom. The van der Waals surface area contributed by atoms with E-state index in [2.05, 4.69) is 6.58 Å². The van der Waals surface area contributed by atoms with E-state index in [4.69, 9.17) is 16.3 Å². The molecule has 0 radical (unpaired) electrons. The fraction of sp³-hybridized carbons (Fsp3) is 0.400. The molecule has 0 aromatic heterocycles. The lowest BCUT2D eigenvalue weighted by molar-refractivity contribution is -0.142. The lowest BCUT2D eigenvalue weighted by atomic mass is 9.70. The number of carbonyl (C=O) groups is 1. The average Bonchev–Trinajstić information content (AvgIpc) is 2.38. The molecule has 0 amide bonds. The molecule has 1 rings (SSSR count). The van der Waals surface area contributed by atoms with Crippen LogP contribution in [-0.4, -0.2) is 13.1 Å². The van der Waals surface area contributed by atoms with Gasteiger partial charge in [0, 0.05) is 10.4 Å². The largest absolute Gasteiger partial charge is 0.469 e. The molecular formula is C15H19ClO2. The molecule has 1 aromatic carbocycles. The first-order valence-corrected chi connectivity index (χ1v) is 6.27. The van der Waals surface area contributed by atoms with Crippen LogP contribution >= 0.6 is 11.6 Å². The fourth-order valence-electron chi connectivity index (χ4n) is 1.99. The Labute approximate surface area is 114 Å². The molecule has 2 unspecified atom stereocenters.